The number of nitrogens with zero attached hydrogens (tertiary/aromatic N) is 1. The van der Waals surface area contributed by atoms with Gasteiger partial charge in [0.2, 0.25) is 5.91 Å². The highest BCUT2D eigenvalue weighted by Gasteiger charge is 2.09. The number of imidazole rings is 1. The summed E-state index contributed by atoms with van der Waals surface area (Å²) < 4.78 is 5.58. The van der Waals surface area contributed by atoms with Crippen molar-refractivity contribution in [1.82, 2.24) is 20.6 Å². The predicted octanol–water partition coefficient (Wildman–Crippen LogP) is 2.83. The van der Waals surface area contributed by atoms with Gasteiger partial charge in [-0.25, -0.2) is 4.98 Å². The number of benzene rings is 2. The maximum Gasteiger partial charge on any atom is 0.251 e. The summed E-state index contributed by atoms with van der Waals surface area (Å²) >= 11 is 0. The van der Waals surface area contributed by atoms with Crippen molar-refractivity contribution in [3.05, 3.63) is 59.9 Å². The van der Waals surface area contributed by atoms with Crippen molar-refractivity contribution < 1.29 is 14.3 Å². The van der Waals surface area contributed by atoms with E-state index in [0.29, 0.717) is 25.1 Å². The Balaban J connectivity index is 1.37. The average molecular weight is 394 g/mol. The molecule has 0 saturated carbocycles. The lowest BCUT2D eigenvalue weighted by Gasteiger charge is -2.08. The van der Waals surface area contributed by atoms with Crippen molar-refractivity contribution >= 4 is 22.8 Å². The van der Waals surface area contributed by atoms with Gasteiger partial charge < -0.3 is 20.4 Å². The summed E-state index contributed by atoms with van der Waals surface area (Å²) in [6.45, 7) is 3.13. The number of para-hydroxylation sites is 2. The molecule has 0 unspecified atom stereocenters. The molecule has 0 spiro atoms. The number of H-pyrrole nitrogens is 1. The third kappa shape index (κ3) is 6.07. The van der Waals surface area contributed by atoms with Crippen LogP contribution in [0.15, 0.2) is 48.5 Å². The van der Waals surface area contributed by atoms with Crippen LogP contribution in [0.25, 0.3) is 11.0 Å². The highest BCUT2D eigenvalue weighted by atomic mass is 16.5. The van der Waals surface area contributed by atoms with E-state index in [1.54, 1.807) is 24.3 Å². The first-order valence-corrected chi connectivity index (χ1v) is 9.87. The van der Waals surface area contributed by atoms with E-state index in [0.717, 1.165) is 35.4 Å². The topological polar surface area (TPSA) is 96.1 Å². The number of rotatable bonds is 10. The average Bonchev–Trinajstić information content (AvgIpc) is 3.15. The van der Waals surface area contributed by atoms with Crippen LogP contribution >= 0.6 is 0 Å². The number of unbranched alkanes of at least 4 members (excludes halogenated alkanes) is 1. The molecule has 3 rings (SSSR count). The van der Waals surface area contributed by atoms with Crippen LogP contribution in [0.2, 0.25) is 0 Å². The van der Waals surface area contributed by atoms with Crippen molar-refractivity contribution in [3.8, 4) is 5.75 Å². The highest BCUT2D eigenvalue weighted by Crippen LogP contribution is 2.13. The van der Waals surface area contributed by atoms with E-state index in [1.807, 2.05) is 24.3 Å². The van der Waals surface area contributed by atoms with E-state index in [1.165, 1.54) is 0 Å². The molecule has 0 fully saturated rings. The summed E-state index contributed by atoms with van der Waals surface area (Å²) in [7, 11) is 0. The quantitative estimate of drug-likeness (QED) is 0.461. The number of carbonyl (C=O) groups is 2. The first kappa shape index (κ1) is 20.4. The van der Waals surface area contributed by atoms with Gasteiger partial charge in [-0.2, -0.15) is 0 Å². The summed E-state index contributed by atoms with van der Waals surface area (Å²) in [4.78, 5) is 31.8. The molecule has 0 aliphatic heterocycles. The Morgan fingerprint density at radius 2 is 1.86 bits per heavy atom. The van der Waals surface area contributed by atoms with E-state index in [4.69, 9.17) is 4.74 Å². The molecule has 1 aromatic heterocycles. The van der Waals surface area contributed by atoms with Crippen LogP contribution in [-0.4, -0.2) is 41.5 Å². The van der Waals surface area contributed by atoms with Gasteiger partial charge in [0.15, 0.2) is 0 Å². The zero-order chi connectivity index (χ0) is 20.5. The maximum atomic E-state index is 12.2. The maximum absolute atomic E-state index is 12.2. The lowest BCUT2D eigenvalue weighted by atomic mass is 10.2. The van der Waals surface area contributed by atoms with Gasteiger partial charge >= 0.3 is 0 Å². The second-order valence-corrected chi connectivity index (χ2v) is 6.71. The predicted molar refractivity (Wildman–Crippen MR) is 112 cm³/mol. The minimum Gasteiger partial charge on any atom is -0.494 e. The van der Waals surface area contributed by atoms with Crippen LogP contribution in [0, 0.1) is 0 Å². The Hall–Kier alpha value is -3.35. The van der Waals surface area contributed by atoms with Crippen LogP contribution in [0.4, 0.5) is 0 Å². The fraction of sp³-hybridized carbons (Fsp3) is 0.318. The Morgan fingerprint density at radius 3 is 2.62 bits per heavy atom. The summed E-state index contributed by atoms with van der Waals surface area (Å²) in [5, 5.41) is 5.41. The number of amides is 2. The van der Waals surface area contributed by atoms with Gasteiger partial charge in [0, 0.05) is 18.5 Å². The minimum atomic E-state index is -0.294. The standard InChI is InChI=1S/C22H26N4O3/c1-2-3-14-29-17-10-8-16(9-11-17)22(28)24-15-21(27)23-13-12-20-25-18-6-4-5-7-19(18)26-20/h4-11H,2-3,12-15H2,1H3,(H,23,27)(H,24,28)(H,25,26). The molecule has 0 bridgehead atoms. The third-order valence-corrected chi connectivity index (χ3v) is 4.42. The molecule has 3 aromatic rings. The third-order valence-electron chi connectivity index (χ3n) is 4.42. The van der Waals surface area contributed by atoms with Gasteiger partial charge in [-0.3, -0.25) is 9.59 Å². The smallest absolute Gasteiger partial charge is 0.251 e. The summed E-state index contributed by atoms with van der Waals surface area (Å²) in [5.74, 6) is 1.02. The fourth-order valence-electron chi connectivity index (χ4n) is 2.81. The van der Waals surface area contributed by atoms with E-state index < -0.39 is 0 Å². The first-order chi connectivity index (χ1) is 14.2. The monoisotopic (exact) mass is 394 g/mol. The summed E-state index contributed by atoms with van der Waals surface area (Å²) in [6.07, 6.45) is 2.66. The second kappa shape index (κ2) is 10.3. The molecule has 0 aliphatic rings. The number of hydrogen-bond acceptors (Lipinski definition) is 4. The van der Waals surface area contributed by atoms with Gasteiger partial charge in [0.1, 0.15) is 11.6 Å². The number of aromatic amines is 1. The van der Waals surface area contributed by atoms with Crippen molar-refractivity contribution in [2.24, 2.45) is 0 Å². The Kier molecular flexibility index (Phi) is 7.22. The molecule has 29 heavy (non-hydrogen) atoms. The molecule has 7 heteroatoms. The second-order valence-electron chi connectivity index (χ2n) is 6.71. The van der Waals surface area contributed by atoms with Gasteiger partial charge in [-0.15, -0.1) is 0 Å². The normalized spacial score (nSPS) is 10.7. The number of aromatic nitrogens is 2. The molecule has 0 aliphatic carbocycles. The SMILES string of the molecule is CCCCOc1ccc(C(=O)NCC(=O)NCCc2nc3ccccc3[nH]2)cc1. The van der Waals surface area contributed by atoms with Crippen molar-refractivity contribution in [3.63, 3.8) is 0 Å². The van der Waals surface area contributed by atoms with Gasteiger partial charge in [0.05, 0.1) is 24.2 Å². The Bertz CT molecular complexity index is 917. The zero-order valence-electron chi connectivity index (χ0n) is 16.5. The molecule has 152 valence electrons. The molecular weight excluding hydrogens is 368 g/mol. The van der Waals surface area contributed by atoms with E-state index >= 15 is 0 Å². The van der Waals surface area contributed by atoms with Crippen molar-refractivity contribution in [1.29, 1.82) is 0 Å². The van der Waals surface area contributed by atoms with Gasteiger partial charge in [-0.1, -0.05) is 25.5 Å². The fourth-order valence-corrected chi connectivity index (χ4v) is 2.81. The molecular formula is C22H26N4O3. The number of carbonyl (C=O) groups excluding carboxylic acids is 2. The molecule has 0 radical (unpaired) electrons. The molecule has 3 N–H and O–H groups in total. The largest absolute Gasteiger partial charge is 0.494 e. The van der Waals surface area contributed by atoms with E-state index in [2.05, 4.69) is 27.5 Å². The molecule has 2 aromatic carbocycles. The first-order valence-electron chi connectivity index (χ1n) is 9.87. The number of fused-ring (bicyclic) bond motifs is 1. The van der Waals surface area contributed by atoms with Crippen LogP contribution < -0.4 is 15.4 Å². The van der Waals surface area contributed by atoms with Crippen LogP contribution in [0.1, 0.15) is 35.9 Å². The lowest BCUT2D eigenvalue weighted by Crippen LogP contribution is -2.37. The van der Waals surface area contributed by atoms with Crippen LogP contribution in [-0.2, 0) is 11.2 Å². The summed E-state index contributed by atoms with van der Waals surface area (Å²) in [6, 6.07) is 14.7. The lowest BCUT2D eigenvalue weighted by molar-refractivity contribution is -0.120. The van der Waals surface area contributed by atoms with Crippen LogP contribution in [0.5, 0.6) is 5.75 Å². The van der Waals surface area contributed by atoms with Crippen LogP contribution in [0.3, 0.4) is 0 Å². The van der Waals surface area contributed by atoms with E-state index in [-0.39, 0.29) is 18.4 Å². The van der Waals surface area contributed by atoms with Crippen molar-refractivity contribution in [2.45, 2.75) is 26.2 Å². The number of nitrogens with one attached hydrogen (secondary N) is 3. The number of hydrogen-bond donors (Lipinski definition) is 3. The van der Waals surface area contributed by atoms with Gasteiger partial charge in [-0.05, 0) is 42.8 Å². The number of ether oxygens (including phenoxy) is 1. The highest BCUT2D eigenvalue weighted by molar-refractivity contribution is 5.96. The Labute approximate surface area is 169 Å². The molecule has 1 heterocycles. The minimum absolute atomic E-state index is 0.0757. The van der Waals surface area contributed by atoms with Crippen molar-refractivity contribution in [2.75, 3.05) is 19.7 Å². The molecule has 0 atom stereocenters. The van der Waals surface area contributed by atoms with Gasteiger partial charge in [0.25, 0.3) is 5.91 Å². The van der Waals surface area contributed by atoms with E-state index in [9.17, 15) is 9.59 Å². The summed E-state index contributed by atoms with van der Waals surface area (Å²) in [5.41, 5.74) is 2.37. The zero-order valence-corrected chi connectivity index (χ0v) is 16.5. The molecule has 0 saturated heterocycles. The molecule has 7 nitrogen and oxygen atoms in total. The molecule has 2 amide bonds. The Morgan fingerprint density at radius 1 is 1.07 bits per heavy atom.